The zero-order valence-corrected chi connectivity index (χ0v) is 21.1. The molecule has 1 aromatic heterocycles. The van der Waals surface area contributed by atoms with E-state index in [1.165, 1.54) is 13.0 Å². The zero-order valence-electron chi connectivity index (χ0n) is 19.3. The third-order valence-corrected chi connectivity index (χ3v) is 5.37. The van der Waals surface area contributed by atoms with Gasteiger partial charge in [-0.2, -0.15) is 9.82 Å². The van der Waals surface area contributed by atoms with Crippen molar-refractivity contribution in [3.8, 4) is 11.5 Å². The van der Waals surface area contributed by atoms with E-state index in [0.717, 1.165) is 6.07 Å². The van der Waals surface area contributed by atoms with Crippen LogP contribution in [0.2, 0.25) is 0 Å². The van der Waals surface area contributed by atoms with Crippen molar-refractivity contribution >= 4 is 27.3 Å². The van der Waals surface area contributed by atoms with Gasteiger partial charge in [0.15, 0.2) is 10.4 Å². The molecule has 36 heavy (non-hydrogen) atoms. The van der Waals surface area contributed by atoms with Gasteiger partial charge in [-0.05, 0) is 24.5 Å². The molecule has 0 aliphatic carbocycles. The Bertz CT molecular complexity index is 1290. The van der Waals surface area contributed by atoms with Crippen LogP contribution in [0.25, 0.3) is 11.3 Å². The van der Waals surface area contributed by atoms with Gasteiger partial charge in [-0.1, -0.05) is 19.0 Å². The van der Waals surface area contributed by atoms with Crippen molar-refractivity contribution in [3.05, 3.63) is 51.8 Å². The SMILES string of the molecule is CCNC(O)=C1NOC(c2cc(C(C)C)c(OP(=O)(O)O)cc2O[N+]([O-])=[P+]([O-])O)=C1c1noc(C)n1. The number of rotatable bonds is 9. The highest BCUT2D eigenvalue weighted by Crippen LogP contribution is 2.47. The second kappa shape index (κ2) is 10.8. The standard InChI is InChI=1S/C18H23N5O11P2/c1-5-19-18(24)15-14(17-20-9(4)31-22-17)16(32-21-15)11-6-10(8(2)3)13(34-36(28,29)30)7-12(11)33-23(25)35(26)27/h6-8,19,21,24H,5H2,1-4H3,(H,26,27)(H2,28,29,30). The minimum Gasteiger partial charge on any atom is -0.544 e. The Kier molecular flexibility index (Phi) is 8.21. The molecule has 1 unspecified atom stereocenters. The minimum absolute atomic E-state index is 0.00699. The molecule has 1 aromatic carbocycles. The summed E-state index contributed by atoms with van der Waals surface area (Å²) in [5.41, 5.74) is 2.77. The summed E-state index contributed by atoms with van der Waals surface area (Å²) in [4.78, 5) is 53.8. The number of phosphoric acid groups is 1. The van der Waals surface area contributed by atoms with Crippen LogP contribution in [0.1, 0.15) is 49.5 Å². The van der Waals surface area contributed by atoms with Gasteiger partial charge >= 0.3 is 16.0 Å². The van der Waals surface area contributed by atoms with Crippen LogP contribution in [0.5, 0.6) is 11.5 Å². The summed E-state index contributed by atoms with van der Waals surface area (Å²) >= 11 is 0. The van der Waals surface area contributed by atoms with Crippen LogP contribution >= 0.6 is 16.0 Å². The second-order valence-electron chi connectivity index (χ2n) is 7.50. The van der Waals surface area contributed by atoms with Gasteiger partial charge in [0.05, 0.1) is 5.56 Å². The Morgan fingerprint density at radius 1 is 1.36 bits per heavy atom. The zero-order chi connectivity index (χ0) is 26.8. The van der Waals surface area contributed by atoms with Crippen molar-refractivity contribution in [2.45, 2.75) is 33.6 Å². The number of nitrogens with zero attached hydrogens (tertiary/aromatic N) is 3. The first kappa shape index (κ1) is 27.4. The molecule has 0 radical (unpaired) electrons. The van der Waals surface area contributed by atoms with E-state index in [9.17, 15) is 29.6 Å². The predicted molar refractivity (Wildman–Crippen MR) is 120 cm³/mol. The van der Waals surface area contributed by atoms with E-state index < -0.39 is 26.4 Å². The summed E-state index contributed by atoms with van der Waals surface area (Å²) in [6.07, 6.45) is 0. The maximum absolute atomic E-state index is 11.9. The van der Waals surface area contributed by atoms with Crippen LogP contribution < -0.4 is 25.1 Å². The number of hydrogen-bond acceptors (Lipinski definition) is 12. The molecular weight excluding hydrogens is 524 g/mol. The number of allylic oxidation sites excluding steroid dienone is 1. The second-order valence-corrected chi connectivity index (χ2v) is 9.50. The molecule has 0 spiro atoms. The molecule has 0 amide bonds. The molecule has 2 aromatic rings. The number of phosphoric ester groups is 1. The monoisotopic (exact) mass is 547 g/mol. The average Bonchev–Trinajstić information content (AvgIpc) is 3.38. The maximum atomic E-state index is 11.9. The Labute approximate surface area is 204 Å². The largest absolute Gasteiger partial charge is 0.559 e. The van der Waals surface area contributed by atoms with E-state index in [-0.39, 0.29) is 57.4 Å². The lowest BCUT2D eigenvalue weighted by Crippen LogP contribution is -2.19. The van der Waals surface area contributed by atoms with Gasteiger partial charge in [0.25, 0.3) is 0 Å². The Hall–Kier alpha value is -3.23. The molecular formula is C18H23N5O11P2. The molecule has 16 nitrogen and oxygen atoms in total. The summed E-state index contributed by atoms with van der Waals surface area (Å²) in [6.45, 7) is 6.99. The van der Waals surface area contributed by atoms with Gasteiger partial charge in [0, 0.05) is 19.5 Å². The highest BCUT2D eigenvalue weighted by atomic mass is 31.2. The molecule has 0 fully saturated rings. The highest BCUT2D eigenvalue weighted by molar-refractivity contribution is 7.46. The van der Waals surface area contributed by atoms with Crippen molar-refractivity contribution in [2.24, 2.45) is 0 Å². The maximum Gasteiger partial charge on any atom is 0.559 e. The summed E-state index contributed by atoms with van der Waals surface area (Å²) in [7, 11) is -8.55. The number of hydrogen-bond donors (Lipinski definition) is 6. The molecule has 0 bridgehead atoms. The minimum atomic E-state index is -5.05. The Balaban J connectivity index is 2.37. The Morgan fingerprint density at radius 2 is 2.06 bits per heavy atom. The molecule has 0 saturated carbocycles. The first-order valence-corrected chi connectivity index (χ1v) is 12.9. The van der Waals surface area contributed by atoms with E-state index >= 15 is 0 Å². The summed E-state index contributed by atoms with van der Waals surface area (Å²) in [5.74, 6) is -1.53. The molecule has 1 aliphatic heterocycles. The van der Waals surface area contributed by atoms with Gasteiger partial charge in [-0.25, -0.2) is 10.0 Å². The van der Waals surface area contributed by atoms with E-state index in [1.807, 2.05) is 0 Å². The van der Waals surface area contributed by atoms with Gasteiger partial charge < -0.3 is 34.4 Å². The summed E-state index contributed by atoms with van der Waals surface area (Å²) < 4.78 is 20.7. The normalized spacial score (nSPS) is 15.9. The molecule has 196 valence electrons. The van der Waals surface area contributed by atoms with E-state index in [4.69, 9.17) is 23.6 Å². The lowest BCUT2D eigenvalue weighted by molar-refractivity contribution is -0.689. The Morgan fingerprint density at radius 3 is 2.58 bits per heavy atom. The highest BCUT2D eigenvalue weighted by Gasteiger charge is 2.35. The van der Waals surface area contributed by atoms with Gasteiger partial charge in [0.1, 0.15) is 17.0 Å². The average molecular weight is 547 g/mol. The predicted octanol–water partition coefficient (Wildman–Crippen LogP) is 1.36. The fourth-order valence-corrected chi connectivity index (χ4v) is 3.72. The lowest BCUT2D eigenvalue weighted by atomic mass is 9.96. The fraction of sp³-hybridized carbons (Fsp3) is 0.333. The third kappa shape index (κ3) is 6.12. The van der Waals surface area contributed by atoms with Crippen LogP contribution in [-0.2, 0) is 9.40 Å². The van der Waals surface area contributed by atoms with E-state index in [1.54, 1.807) is 20.8 Å². The summed E-state index contributed by atoms with van der Waals surface area (Å²) in [6, 6.07) is 2.29. The number of nitrogens with one attached hydrogen (secondary N) is 2. The number of aliphatic hydroxyl groups is 1. The van der Waals surface area contributed by atoms with E-state index in [0.29, 0.717) is 6.54 Å². The molecule has 3 rings (SSSR count). The topological polar surface area (TPSA) is 238 Å². The summed E-state index contributed by atoms with van der Waals surface area (Å²) in [5, 5.41) is 28.9. The first-order valence-electron chi connectivity index (χ1n) is 10.2. The van der Waals surface area contributed by atoms with Crippen molar-refractivity contribution in [3.63, 3.8) is 0 Å². The fourth-order valence-electron chi connectivity index (χ4n) is 3.15. The number of aryl methyl sites for hydroxylation is 1. The quantitative estimate of drug-likeness (QED) is 0.148. The number of hydroxylamine groups is 1. The van der Waals surface area contributed by atoms with Crippen LogP contribution in [0, 0.1) is 12.1 Å². The van der Waals surface area contributed by atoms with Gasteiger partial charge in [-0.15, -0.1) is 4.89 Å². The van der Waals surface area contributed by atoms with Gasteiger partial charge in [-0.3, -0.25) is 9.79 Å². The smallest absolute Gasteiger partial charge is 0.544 e. The number of benzene rings is 1. The number of aromatic nitrogens is 2. The third-order valence-electron chi connectivity index (χ3n) is 4.58. The molecule has 6 N–H and O–H groups in total. The molecule has 2 heterocycles. The van der Waals surface area contributed by atoms with Crippen molar-refractivity contribution in [2.75, 3.05) is 6.54 Å². The molecule has 1 atom stereocenters. The van der Waals surface area contributed by atoms with Crippen LogP contribution in [0.4, 0.5) is 0 Å². The van der Waals surface area contributed by atoms with Crippen LogP contribution in [0.15, 0.2) is 28.2 Å². The number of aliphatic hydroxyl groups excluding tert-OH is 1. The van der Waals surface area contributed by atoms with Crippen molar-refractivity contribution in [1.29, 1.82) is 0 Å². The van der Waals surface area contributed by atoms with Crippen LogP contribution in [-0.4, -0.2) is 41.1 Å². The van der Waals surface area contributed by atoms with E-state index in [2.05, 4.69) is 20.9 Å². The van der Waals surface area contributed by atoms with Gasteiger partial charge in [0.2, 0.25) is 23.3 Å². The lowest BCUT2D eigenvalue weighted by Gasteiger charge is -2.17. The molecule has 0 saturated heterocycles. The molecule has 1 aliphatic rings. The van der Waals surface area contributed by atoms with Crippen molar-refractivity contribution < 1.29 is 52.6 Å². The molecule has 18 heteroatoms. The van der Waals surface area contributed by atoms with Crippen LogP contribution in [0.3, 0.4) is 0 Å². The first-order chi connectivity index (χ1) is 16.8. The van der Waals surface area contributed by atoms with Crippen molar-refractivity contribution in [1.82, 2.24) is 20.9 Å².